The maximum atomic E-state index is 12.2. The first-order valence-corrected chi connectivity index (χ1v) is 13.8. The zero-order valence-electron chi connectivity index (χ0n) is 23.3. The number of para-hydroxylation sites is 2. The number of nitrogens with zero attached hydrogens (tertiary/aromatic N) is 2. The van der Waals surface area contributed by atoms with Crippen LogP contribution in [-0.4, -0.2) is 24.2 Å². The fourth-order valence-corrected chi connectivity index (χ4v) is 3.94. The lowest BCUT2D eigenvalue weighted by atomic mass is 10.2. The molecule has 4 aromatic rings. The zero-order valence-corrected chi connectivity index (χ0v) is 23.3. The highest BCUT2D eigenvalue weighted by Gasteiger charge is 2.05. The molecule has 2 amide bonds. The lowest BCUT2D eigenvalue weighted by Gasteiger charge is -2.09. The summed E-state index contributed by atoms with van der Waals surface area (Å²) in [5, 5.41) is 8.13. The second-order valence-corrected chi connectivity index (χ2v) is 9.42. The van der Waals surface area contributed by atoms with Gasteiger partial charge in [-0.25, -0.2) is 10.9 Å². The molecule has 0 aromatic heterocycles. The lowest BCUT2D eigenvalue weighted by Crippen LogP contribution is -2.19. The Hall–Kier alpha value is -5.24. The maximum Gasteiger partial charge on any atom is 0.240 e. The predicted octanol–water partition coefficient (Wildman–Crippen LogP) is 6.01. The highest BCUT2D eigenvalue weighted by Crippen LogP contribution is 2.18. The van der Waals surface area contributed by atoms with Crippen molar-refractivity contribution in [2.24, 2.45) is 10.2 Å². The molecule has 0 saturated heterocycles. The number of unbranched alkanes of at least 4 members (excludes halogenated alkanes) is 1. The van der Waals surface area contributed by atoms with E-state index in [-0.39, 0.29) is 24.7 Å². The van der Waals surface area contributed by atoms with E-state index in [2.05, 4.69) is 21.1 Å². The zero-order chi connectivity index (χ0) is 29.2. The van der Waals surface area contributed by atoms with Gasteiger partial charge in [0.05, 0.1) is 12.4 Å². The largest absolute Gasteiger partial charge is 0.488 e. The van der Waals surface area contributed by atoms with Crippen molar-refractivity contribution in [1.82, 2.24) is 10.9 Å². The molecule has 8 nitrogen and oxygen atoms in total. The first-order chi connectivity index (χ1) is 20.7. The molecule has 0 atom stereocenters. The summed E-state index contributed by atoms with van der Waals surface area (Å²) >= 11 is 0. The van der Waals surface area contributed by atoms with E-state index in [0.717, 1.165) is 22.3 Å². The number of rotatable bonds is 15. The van der Waals surface area contributed by atoms with E-state index in [0.29, 0.717) is 37.6 Å². The first-order valence-electron chi connectivity index (χ1n) is 13.8. The molecule has 0 spiro atoms. The molecular formula is C34H34N4O4. The highest BCUT2D eigenvalue weighted by atomic mass is 16.5. The Kier molecular flexibility index (Phi) is 11.9. The monoisotopic (exact) mass is 562 g/mol. The van der Waals surface area contributed by atoms with Gasteiger partial charge >= 0.3 is 0 Å². The van der Waals surface area contributed by atoms with Gasteiger partial charge in [0.15, 0.2) is 0 Å². The fraction of sp³-hybridized carbons (Fsp3) is 0.176. The van der Waals surface area contributed by atoms with Crippen molar-refractivity contribution in [3.8, 4) is 11.5 Å². The highest BCUT2D eigenvalue weighted by molar-refractivity contribution is 5.86. The number of ether oxygens (including phenoxy) is 2. The van der Waals surface area contributed by atoms with E-state index >= 15 is 0 Å². The number of hydrogen-bond acceptors (Lipinski definition) is 6. The van der Waals surface area contributed by atoms with Crippen molar-refractivity contribution < 1.29 is 19.1 Å². The van der Waals surface area contributed by atoms with Crippen LogP contribution in [0.25, 0.3) is 0 Å². The summed E-state index contributed by atoms with van der Waals surface area (Å²) in [4.78, 5) is 24.4. The van der Waals surface area contributed by atoms with Gasteiger partial charge in [-0.3, -0.25) is 9.59 Å². The van der Waals surface area contributed by atoms with Gasteiger partial charge in [0.1, 0.15) is 24.7 Å². The standard InChI is InChI=1S/C34H34N4O4/c39-33(37-35-23-29-17-7-9-19-31(29)41-25-27-13-3-1-4-14-27)21-11-12-22-34(40)38-36-24-30-18-8-10-20-32(30)42-26-28-15-5-2-6-16-28/h1-10,13-20,23-24H,11-12,21-22,25-26H2,(H,37,39)(H,38,40)/b35-23+,36-24+. The Morgan fingerprint density at radius 1 is 0.548 bits per heavy atom. The molecule has 0 aliphatic heterocycles. The van der Waals surface area contributed by atoms with Crippen LogP contribution in [0.15, 0.2) is 119 Å². The Bertz CT molecular complexity index is 1360. The van der Waals surface area contributed by atoms with E-state index < -0.39 is 0 Å². The SMILES string of the molecule is O=C(CCCCC(=O)N/N=C/c1ccccc1OCc1ccccc1)N/N=C/c1ccccc1OCc1ccccc1. The van der Waals surface area contributed by atoms with Gasteiger partial charge in [0, 0.05) is 24.0 Å². The molecule has 4 rings (SSSR count). The topological polar surface area (TPSA) is 101 Å². The van der Waals surface area contributed by atoms with E-state index in [1.807, 2.05) is 109 Å². The van der Waals surface area contributed by atoms with Gasteiger partial charge in [-0.15, -0.1) is 0 Å². The second kappa shape index (κ2) is 16.8. The van der Waals surface area contributed by atoms with Crippen LogP contribution in [0.4, 0.5) is 0 Å². The van der Waals surface area contributed by atoms with E-state index in [9.17, 15) is 9.59 Å². The molecule has 0 heterocycles. The number of hydrogen-bond donors (Lipinski definition) is 2. The van der Waals surface area contributed by atoms with Crippen molar-refractivity contribution in [2.75, 3.05) is 0 Å². The molecule has 4 aromatic carbocycles. The number of nitrogens with one attached hydrogen (secondary N) is 2. The molecule has 0 aliphatic carbocycles. The quantitative estimate of drug-likeness (QED) is 0.105. The average Bonchev–Trinajstić information content (AvgIpc) is 3.03. The Morgan fingerprint density at radius 3 is 1.36 bits per heavy atom. The summed E-state index contributed by atoms with van der Waals surface area (Å²) in [5.74, 6) is 0.909. The van der Waals surface area contributed by atoms with Crippen LogP contribution < -0.4 is 20.3 Å². The van der Waals surface area contributed by atoms with E-state index in [1.165, 1.54) is 0 Å². The first kappa shape index (κ1) is 29.7. The van der Waals surface area contributed by atoms with Crippen LogP contribution in [0.5, 0.6) is 11.5 Å². The Balaban J connectivity index is 1.13. The van der Waals surface area contributed by atoms with Crippen LogP contribution in [0.3, 0.4) is 0 Å². The van der Waals surface area contributed by atoms with Crippen LogP contribution in [0, 0.1) is 0 Å². The van der Waals surface area contributed by atoms with Crippen molar-refractivity contribution in [1.29, 1.82) is 0 Å². The van der Waals surface area contributed by atoms with Gasteiger partial charge in [0.25, 0.3) is 0 Å². The van der Waals surface area contributed by atoms with Gasteiger partial charge in [0.2, 0.25) is 11.8 Å². The molecule has 0 aliphatic rings. The molecule has 0 unspecified atom stereocenters. The van der Waals surface area contributed by atoms with Crippen molar-refractivity contribution in [3.05, 3.63) is 131 Å². The molecule has 42 heavy (non-hydrogen) atoms. The summed E-state index contributed by atoms with van der Waals surface area (Å²) in [6, 6.07) is 34.8. The molecule has 214 valence electrons. The molecule has 0 saturated carbocycles. The van der Waals surface area contributed by atoms with Gasteiger partial charge < -0.3 is 9.47 Å². The minimum Gasteiger partial charge on any atom is -0.488 e. The maximum absolute atomic E-state index is 12.2. The molecule has 2 N–H and O–H groups in total. The Labute approximate surface area is 246 Å². The smallest absolute Gasteiger partial charge is 0.240 e. The van der Waals surface area contributed by atoms with Crippen molar-refractivity contribution in [2.45, 2.75) is 38.9 Å². The lowest BCUT2D eigenvalue weighted by molar-refractivity contribution is -0.123. The molecular weight excluding hydrogens is 528 g/mol. The van der Waals surface area contributed by atoms with Gasteiger partial charge in [-0.2, -0.15) is 10.2 Å². The molecule has 0 fully saturated rings. The van der Waals surface area contributed by atoms with Gasteiger partial charge in [-0.05, 0) is 48.2 Å². The normalized spacial score (nSPS) is 11.0. The fourth-order valence-electron chi connectivity index (χ4n) is 3.94. The summed E-state index contributed by atoms with van der Waals surface area (Å²) in [5.41, 5.74) is 8.72. The molecule has 0 bridgehead atoms. The second-order valence-electron chi connectivity index (χ2n) is 9.42. The summed E-state index contributed by atoms with van der Waals surface area (Å²) in [7, 11) is 0. The summed E-state index contributed by atoms with van der Waals surface area (Å²) < 4.78 is 11.8. The van der Waals surface area contributed by atoms with Crippen molar-refractivity contribution >= 4 is 24.2 Å². The average molecular weight is 563 g/mol. The van der Waals surface area contributed by atoms with Crippen LogP contribution in [-0.2, 0) is 22.8 Å². The minimum absolute atomic E-state index is 0.223. The number of amides is 2. The van der Waals surface area contributed by atoms with E-state index in [4.69, 9.17) is 9.47 Å². The number of carbonyl (C=O) groups excluding carboxylic acids is 2. The van der Waals surface area contributed by atoms with Crippen LogP contribution in [0.2, 0.25) is 0 Å². The number of benzene rings is 4. The van der Waals surface area contributed by atoms with Crippen LogP contribution >= 0.6 is 0 Å². The predicted molar refractivity (Wildman–Crippen MR) is 164 cm³/mol. The number of hydrazone groups is 2. The summed E-state index contributed by atoms with van der Waals surface area (Å²) in [6.07, 6.45) is 4.73. The van der Waals surface area contributed by atoms with Crippen LogP contribution in [0.1, 0.15) is 47.9 Å². The number of carbonyl (C=O) groups is 2. The third-order valence-electron chi connectivity index (χ3n) is 6.16. The molecule has 8 heteroatoms. The minimum atomic E-state index is -0.223. The molecule has 0 radical (unpaired) electrons. The van der Waals surface area contributed by atoms with Gasteiger partial charge in [-0.1, -0.05) is 84.9 Å². The summed E-state index contributed by atoms with van der Waals surface area (Å²) in [6.45, 7) is 0.876. The third kappa shape index (κ3) is 10.4. The van der Waals surface area contributed by atoms with E-state index in [1.54, 1.807) is 12.4 Å². The third-order valence-corrected chi connectivity index (χ3v) is 6.16. The van der Waals surface area contributed by atoms with Crippen molar-refractivity contribution in [3.63, 3.8) is 0 Å². The Morgan fingerprint density at radius 2 is 0.929 bits per heavy atom.